The van der Waals surface area contributed by atoms with Crippen LogP contribution in [-0.2, 0) is 0 Å². The number of thiazole rings is 1. The van der Waals surface area contributed by atoms with E-state index in [9.17, 15) is 0 Å². The molecular formula is C50H44Cl6N6OS. The topological polar surface area (TPSA) is 74.6 Å². The van der Waals surface area contributed by atoms with Crippen molar-refractivity contribution >= 4 is 80.9 Å². The van der Waals surface area contributed by atoms with Crippen LogP contribution in [0.5, 0.6) is 0 Å². The molecule has 4 heterocycles. The molecule has 8 aromatic rings. The van der Waals surface area contributed by atoms with Crippen molar-refractivity contribution in [2.45, 2.75) is 89.9 Å². The molecule has 2 aliphatic carbocycles. The van der Waals surface area contributed by atoms with Gasteiger partial charge in [0.05, 0.1) is 39.0 Å². The molecule has 0 bridgehead atoms. The van der Waals surface area contributed by atoms with Crippen LogP contribution in [-0.4, -0.2) is 29.5 Å². The summed E-state index contributed by atoms with van der Waals surface area (Å²) in [6.07, 6.45) is 16.5. The first-order valence-electron chi connectivity index (χ1n) is 21.6. The summed E-state index contributed by atoms with van der Waals surface area (Å²) in [5, 5.41) is 14.4. The summed E-state index contributed by atoms with van der Waals surface area (Å²) in [6.45, 7) is 4.12. The zero-order valence-corrected chi connectivity index (χ0v) is 40.6. The van der Waals surface area contributed by atoms with Crippen molar-refractivity contribution in [1.82, 2.24) is 29.5 Å². The van der Waals surface area contributed by atoms with Crippen LogP contribution in [0.1, 0.15) is 97.8 Å². The lowest BCUT2D eigenvalue weighted by molar-refractivity contribution is 0.377. The van der Waals surface area contributed by atoms with Crippen molar-refractivity contribution in [2.24, 2.45) is 0 Å². The normalized spacial score (nSPS) is 14.8. The van der Waals surface area contributed by atoms with Gasteiger partial charge in [0.1, 0.15) is 16.5 Å². The summed E-state index contributed by atoms with van der Waals surface area (Å²) in [7, 11) is 0. The van der Waals surface area contributed by atoms with E-state index in [-0.39, 0.29) is 0 Å². The number of benzene rings is 4. The van der Waals surface area contributed by atoms with E-state index in [2.05, 4.69) is 11.9 Å². The Balaban J connectivity index is 0.000000162. The molecule has 0 unspecified atom stereocenters. The van der Waals surface area contributed by atoms with Crippen LogP contribution >= 0.6 is 80.9 Å². The highest BCUT2D eigenvalue weighted by Crippen LogP contribution is 2.42. The minimum Gasteiger partial charge on any atom is -0.440 e. The van der Waals surface area contributed by atoms with Gasteiger partial charge in [-0.3, -0.25) is 0 Å². The molecule has 10 rings (SSSR count). The van der Waals surface area contributed by atoms with E-state index >= 15 is 0 Å². The number of nitrogens with zero attached hydrogens (tertiary/aromatic N) is 6. The molecular weight excluding hydrogens is 945 g/mol. The lowest BCUT2D eigenvalue weighted by Gasteiger charge is -2.19. The number of hydrogen-bond donors (Lipinski definition) is 0. The Morgan fingerprint density at radius 2 is 1.00 bits per heavy atom. The van der Waals surface area contributed by atoms with Gasteiger partial charge in [-0.15, -0.1) is 11.3 Å². The van der Waals surface area contributed by atoms with Gasteiger partial charge in [0.25, 0.3) is 0 Å². The molecule has 2 aliphatic rings. The second kappa shape index (κ2) is 19.8. The van der Waals surface area contributed by atoms with Gasteiger partial charge >= 0.3 is 0 Å². The summed E-state index contributed by atoms with van der Waals surface area (Å²) >= 11 is 39.5. The number of rotatable bonds is 8. The molecule has 0 amide bonds. The van der Waals surface area contributed by atoms with Crippen LogP contribution in [0.25, 0.3) is 56.2 Å². The Morgan fingerprint density at radius 1 is 0.531 bits per heavy atom. The molecule has 4 aromatic carbocycles. The molecule has 14 heteroatoms. The summed E-state index contributed by atoms with van der Waals surface area (Å²) in [5.74, 6) is 2.54. The molecule has 0 spiro atoms. The standard InChI is InChI=1S/C25H22Cl3N3O.C25H22Cl3N3S/c2*1-15-23(25-29-14-22(32-25)16-5-3-2-4-6-16)30-31(21-12-11-19(27)13-20(21)28)24(15)17-7-9-18(26)10-8-17/h2*7-14,16H,2-6H2,1H3. The summed E-state index contributed by atoms with van der Waals surface area (Å²) in [6, 6.07) is 26.3. The Labute approximate surface area is 407 Å². The van der Waals surface area contributed by atoms with Gasteiger partial charge in [0.2, 0.25) is 5.89 Å². The van der Waals surface area contributed by atoms with E-state index in [0.717, 1.165) is 74.3 Å². The minimum atomic E-state index is 0.439. The Bertz CT molecular complexity index is 2710. The van der Waals surface area contributed by atoms with E-state index in [1.54, 1.807) is 29.5 Å². The van der Waals surface area contributed by atoms with Crippen LogP contribution in [0.4, 0.5) is 0 Å². The second-order valence-corrected chi connectivity index (χ2v) is 20.1. The third-order valence-corrected chi connectivity index (χ3v) is 15.0. The maximum Gasteiger partial charge on any atom is 0.247 e. The molecule has 0 N–H and O–H groups in total. The van der Waals surface area contributed by atoms with Gasteiger partial charge in [-0.25, -0.2) is 19.3 Å². The van der Waals surface area contributed by atoms with Crippen molar-refractivity contribution in [3.63, 3.8) is 0 Å². The van der Waals surface area contributed by atoms with Crippen LogP contribution in [0.3, 0.4) is 0 Å². The molecule has 64 heavy (non-hydrogen) atoms. The molecule has 2 saturated carbocycles. The maximum absolute atomic E-state index is 6.58. The third kappa shape index (κ3) is 9.57. The van der Waals surface area contributed by atoms with Gasteiger partial charge in [-0.1, -0.05) is 132 Å². The first-order chi connectivity index (χ1) is 31.0. The van der Waals surface area contributed by atoms with Gasteiger partial charge < -0.3 is 4.42 Å². The number of aromatic nitrogens is 6. The molecule has 0 radical (unpaired) electrons. The summed E-state index contributed by atoms with van der Waals surface area (Å²) in [5.41, 5.74) is 8.95. The van der Waals surface area contributed by atoms with E-state index in [1.807, 2.05) is 95.4 Å². The van der Waals surface area contributed by atoms with E-state index < -0.39 is 0 Å². The molecule has 7 nitrogen and oxygen atoms in total. The third-order valence-electron chi connectivity index (χ3n) is 12.2. The van der Waals surface area contributed by atoms with E-state index in [1.165, 1.54) is 56.2 Å². The van der Waals surface area contributed by atoms with Crippen LogP contribution in [0.2, 0.25) is 30.1 Å². The fraction of sp³-hybridized carbons (Fsp3) is 0.280. The fourth-order valence-corrected chi connectivity index (χ4v) is 11.2. The van der Waals surface area contributed by atoms with Crippen molar-refractivity contribution in [2.75, 3.05) is 0 Å². The lowest BCUT2D eigenvalue weighted by atomic mass is 9.88. The van der Waals surface area contributed by atoms with E-state index in [4.69, 9.17) is 89.2 Å². The summed E-state index contributed by atoms with van der Waals surface area (Å²) < 4.78 is 9.96. The van der Waals surface area contributed by atoms with Gasteiger partial charge in [-0.2, -0.15) is 10.2 Å². The smallest absolute Gasteiger partial charge is 0.247 e. The molecule has 328 valence electrons. The van der Waals surface area contributed by atoms with Crippen molar-refractivity contribution in [3.8, 4) is 56.2 Å². The molecule has 0 aliphatic heterocycles. The lowest BCUT2D eigenvalue weighted by Crippen LogP contribution is -2.02. The molecule has 2 fully saturated rings. The predicted molar refractivity (Wildman–Crippen MR) is 266 cm³/mol. The monoisotopic (exact) mass is 986 g/mol. The highest BCUT2D eigenvalue weighted by molar-refractivity contribution is 7.15. The highest BCUT2D eigenvalue weighted by atomic mass is 35.5. The van der Waals surface area contributed by atoms with Crippen LogP contribution < -0.4 is 0 Å². The van der Waals surface area contributed by atoms with Crippen LogP contribution in [0.15, 0.2) is 102 Å². The Morgan fingerprint density at radius 3 is 1.52 bits per heavy atom. The first kappa shape index (κ1) is 45.1. The van der Waals surface area contributed by atoms with Crippen molar-refractivity contribution < 1.29 is 4.42 Å². The van der Waals surface area contributed by atoms with Gasteiger partial charge in [0.15, 0.2) is 5.69 Å². The largest absolute Gasteiger partial charge is 0.440 e. The predicted octanol–water partition coefficient (Wildman–Crippen LogP) is 17.5. The maximum atomic E-state index is 6.58. The minimum absolute atomic E-state index is 0.439. The Hall–Kier alpha value is -4.12. The number of halogens is 6. The first-order valence-corrected chi connectivity index (χ1v) is 24.6. The average molecular weight is 990 g/mol. The number of hydrogen-bond acceptors (Lipinski definition) is 6. The van der Waals surface area contributed by atoms with Gasteiger partial charge in [0, 0.05) is 59.3 Å². The summed E-state index contributed by atoms with van der Waals surface area (Å²) in [4.78, 5) is 10.7. The van der Waals surface area contributed by atoms with Crippen molar-refractivity contribution in [3.05, 3.63) is 149 Å². The van der Waals surface area contributed by atoms with Crippen LogP contribution in [0, 0.1) is 13.8 Å². The number of oxazole rings is 1. The SMILES string of the molecule is Cc1c(-c2ncc(C3CCCCC3)o2)nn(-c2ccc(Cl)cc2Cl)c1-c1ccc(Cl)cc1.Cc1c(-c2ncc(C3CCCCC3)s2)nn(-c2ccc(Cl)cc2Cl)c1-c1ccc(Cl)cc1. The molecule has 0 atom stereocenters. The zero-order valence-electron chi connectivity index (χ0n) is 35.2. The fourth-order valence-electron chi connectivity index (χ4n) is 8.89. The van der Waals surface area contributed by atoms with Crippen molar-refractivity contribution in [1.29, 1.82) is 0 Å². The Kier molecular flexibility index (Phi) is 13.9. The van der Waals surface area contributed by atoms with E-state index in [0.29, 0.717) is 53.6 Å². The molecule has 4 aromatic heterocycles. The zero-order chi connectivity index (χ0) is 44.5. The average Bonchev–Trinajstić information content (AvgIpc) is 4.12. The quantitative estimate of drug-likeness (QED) is 0.152. The second-order valence-electron chi connectivity index (χ2n) is 16.5. The molecule has 0 saturated heterocycles. The van der Waals surface area contributed by atoms with Gasteiger partial charge in [-0.05, 0) is 106 Å². The highest BCUT2D eigenvalue weighted by Gasteiger charge is 2.27.